The van der Waals surface area contributed by atoms with Gasteiger partial charge in [0.05, 0.1) is 16.7 Å². The normalized spacial score (nSPS) is 16.9. The van der Waals surface area contributed by atoms with E-state index in [4.69, 9.17) is 0 Å². The Balaban J connectivity index is 1.36. The average molecular weight is 426 g/mol. The van der Waals surface area contributed by atoms with Crippen LogP contribution in [0.15, 0.2) is 47.5 Å². The van der Waals surface area contributed by atoms with E-state index in [1.54, 1.807) is 17.0 Å². The average Bonchev–Trinajstić information content (AvgIpc) is 3.33. The van der Waals surface area contributed by atoms with E-state index in [0.717, 1.165) is 27.7 Å². The number of carbonyl (C=O) groups is 1. The minimum Gasteiger partial charge on any atom is -0.387 e. The molecule has 5 rings (SSSR count). The molecule has 2 aliphatic rings. The molecule has 2 N–H and O–H groups in total. The number of nitrogens with one attached hydrogen (secondary N) is 1. The molecular weight excluding hydrogens is 402 g/mol. The molecule has 2 aromatic carbocycles. The van der Waals surface area contributed by atoms with Crippen LogP contribution in [0.4, 0.5) is 5.69 Å². The largest absolute Gasteiger partial charge is 0.387 e. The summed E-state index contributed by atoms with van der Waals surface area (Å²) >= 11 is 0. The number of aromatic nitrogens is 1. The Hall–Kier alpha value is -2.68. The fraction of sp³-hybridized carbons (Fsp3) is 0.318. The van der Waals surface area contributed by atoms with Crippen molar-refractivity contribution in [2.75, 3.05) is 18.0 Å². The van der Waals surface area contributed by atoms with Crippen LogP contribution >= 0.6 is 0 Å². The van der Waals surface area contributed by atoms with Gasteiger partial charge >= 0.3 is 0 Å². The molecule has 1 aromatic heterocycles. The smallest absolute Gasteiger partial charge is 0.240 e. The molecule has 0 saturated carbocycles. The highest BCUT2D eigenvalue weighted by Gasteiger charge is 2.33. The molecule has 7 nitrogen and oxygen atoms in total. The molecule has 0 aliphatic carbocycles. The van der Waals surface area contributed by atoms with Gasteiger partial charge in [-0.3, -0.25) is 4.79 Å². The molecule has 1 amide bonds. The number of aryl methyl sites for hydroxylation is 2. The number of hydrogen-bond donors (Lipinski definition) is 2. The lowest BCUT2D eigenvalue weighted by Gasteiger charge is -2.25. The van der Waals surface area contributed by atoms with Gasteiger partial charge in [0, 0.05) is 38.3 Å². The van der Waals surface area contributed by atoms with Gasteiger partial charge in [-0.15, -0.1) is 0 Å². The van der Waals surface area contributed by atoms with Crippen molar-refractivity contribution in [1.82, 2.24) is 9.29 Å². The number of sulfonamides is 1. The number of aliphatic hydroxyl groups is 1. The number of anilines is 1. The Morgan fingerprint density at radius 2 is 1.87 bits per heavy atom. The third-order valence-corrected chi connectivity index (χ3v) is 7.50. The number of nitrogens with zero attached hydrogens (tertiary/aromatic N) is 2. The maximum atomic E-state index is 12.9. The van der Waals surface area contributed by atoms with Crippen LogP contribution in [0.25, 0.3) is 10.9 Å². The van der Waals surface area contributed by atoms with Gasteiger partial charge in [-0.25, -0.2) is 13.1 Å². The minimum absolute atomic E-state index is 0.105. The van der Waals surface area contributed by atoms with Crippen molar-refractivity contribution in [3.05, 3.63) is 59.3 Å². The molecule has 0 saturated heterocycles. The summed E-state index contributed by atoms with van der Waals surface area (Å²) in [6.07, 6.45) is 2.62. The molecule has 3 aromatic rings. The lowest BCUT2D eigenvalue weighted by atomic mass is 10.00. The third-order valence-electron chi connectivity index (χ3n) is 6.10. The van der Waals surface area contributed by atoms with Gasteiger partial charge in [0.15, 0.2) is 0 Å². The molecule has 0 radical (unpaired) electrons. The predicted molar refractivity (Wildman–Crippen MR) is 114 cm³/mol. The molecule has 2 aliphatic heterocycles. The predicted octanol–water partition coefficient (Wildman–Crippen LogP) is 2.03. The second-order valence-corrected chi connectivity index (χ2v) is 9.77. The highest BCUT2D eigenvalue weighted by Crippen LogP contribution is 2.38. The quantitative estimate of drug-likeness (QED) is 0.654. The number of benzene rings is 2. The topological polar surface area (TPSA) is 91.6 Å². The Labute approximate surface area is 175 Å². The van der Waals surface area contributed by atoms with Crippen molar-refractivity contribution in [3.8, 4) is 0 Å². The van der Waals surface area contributed by atoms with E-state index in [1.807, 2.05) is 42.1 Å². The van der Waals surface area contributed by atoms with E-state index in [0.29, 0.717) is 31.4 Å². The summed E-state index contributed by atoms with van der Waals surface area (Å²) in [4.78, 5) is 14.0. The maximum absolute atomic E-state index is 12.9. The molecular formula is C22H23N3O4S. The van der Waals surface area contributed by atoms with Crippen LogP contribution in [0.3, 0.4) is 0 Å². The summed E-state index contributed by atoms with van der Waals surface area (Å²) in [6, 6.07) is 10.9. The first-order chi connectivity index (χ1) is 14.3. The van der Waals surface area contributed by atoms with Crippen molar-refractivity contribution < 1.29 is 18.3 Å². The van der Waals surface area contributed by atoms with E-state index in [1.165, 1.54) is 0 Å². The summed E-state index contributed by atoms with van der Waals surface area (Å²) in [6.45, 7) is 0.497. The van der Waals surface area contributed by atoms with E-state index in [2.05, 4.69) is 4.72 Å². The molecule has 0 spiro atoms. The first-order valence-corrected chi connectivity index (χ1v) is 11.5. The van der Waals surface area contributed by atoms with Crippen LogP contribution in [-0.2, 0) is 34.7 Å². The minimum atomic E-state index is -3.78. The Morgan fingerprint density at radius 3 is 2.67 bits per heavy atom. The summed E-state index contributed by atoms with van der Waals surface area (Å²) in [7, 11) is -1.83. The molecule has 30 heavy (non-hydrogen) atoms. The van der Waals surface area contributed by atoms with Crippen molar-refractivity contribution >= 4 is 32.5 Å². The van der Waals surface area contributed by atoms with Gasteiger partial charge < -0.3 is 14.6 Å². The zero-order valence-electron chi connectivity index (χ0n) is 16.6. The van der Waals surface area contributed by atoms with E-state index in [9.17, 15) is 18.3 Å². The Morgan fingerprint density at radius 1 is 1.10 bits per heavy atom. The standard InChI is InChI=1S/C22H23N3O4S/c1-24-8-6-14-10-15(2-4-19(14)24)20(26)13-23-30(28,29)18-11-16-3-5-21(27)25-9-7-17(12-18)22(16)25/h2,4,6,8,10-12,20,23,26H,3,5,7,9,13H2,1H3/t20-/m0/s1. The zero-order chi connectivity index (χ0) is 21.0. The SMILES string of the molecule is Cn1ccc2cc([C@@H](O)CNS(=O)(=O)c3cc4c5c(c3)CCN5C(=O)CC4)ccc21. The van der Waals surface area contributed by atoms with Crippen LogP contribution in [-0.4, -0.2) is 37.1 Å². The number of hydrogen-bond acceptors (Lipinski definition) is 4. The summed E-state index contributed by atoms with van der Waals surface area (Å²) in [5, 5.41) is 11.5. The fourth-order valence-corrected chi connectivity index (χ4v) is 5.62. The van der Waals surface area contributed by atoms with Gasteiger partial charge in [-0.2, -0.15) is 0 Å². The number of rotatable bonds is 5. The van der Waals surface area contributed by atoms with Gasteiger partial charge in [-0.1, -0.05) is 6.07 Å². The van der Waals surface area contributed by atoms with E-state index in [-0.39, 0.29) is 17.3 Å². The molecule has 0 unspecified atom stereocenters. The first kappa shape index (κ1) is 19.3. The zero-order valence-corrected chi connectivity index (χ0v) is 17.4. The second kappa shape index (κ2) is 6.94. The van der Waals surface area contributed by atoms with Gasteiger partial charge in [-0.05, 0) is 65.3 Å². The highest BCUT2D eigenvalue weighted by molar-refractivity contribution is 7.89. The van der Waals surface area contributed by atoms with Gasteiger partial charge in [0.1, 0.15) is 0 Å². The van der Waals surface area contributed by atoms with Crippen LogP contribution in [0.2, 0.25) is 0 Å². The van der Waals surface area contributed by atoms with Gasteiger partial charge in [0.25, 0.3) is 0 Å². The molecule has 0 fully saturated rings. The van der Waals surface area contributed by atoms with Crippen molar-refractivity contribution in [2.45, 2.75) is 30.3 Å². The van der Waals surface area contributed by atoms with Crippen molar-refractivity contribution in [2.24, 2.45) is 7.05 Å². The number of carbonyl (C=O) groups excluding carboxylic acids is 1. The lowest BCUT2D eigenvalue weighted by molar-refractivity contribution is -0.118. The van der Waals surface area contributed by atoms with Crippen LogP contribution in [0.5, 0.6) is 0 Å². The number of fused-ring (bicyclic) bond motifs is 1. The summed E-state index contributed by atoms with van der Waals surface area (Å²) in [5.41, 5.74) is 4.40. The third kappa shape index (κ3) is 3.12. The number of amides is 1. The van der Waals surface area contributed by atoms with Crippen LogP contribution in [0.1, 0.15) is 29.2 Å². The highest BCUT2D eigenvalue weighted by atomic mass is 32.2. The fourth-order valence-electron chi connectivity index (χ4n) is 4.48. The van der Waals surface area contributed by atoms with E-state index < -0.39 is 16.1 Å². The molecule has 8 heteroatoms. The first-order valence-electron chi connectivity index (χ1n) is 10.0. The summed E-state index contributed by atoms with van der Waals surface area (Å²) < 4.78 is 30.4. The second-order valence-electron chi connectivity index (χ2n) is 8.00. The summed E-state index contributed by atoms with van der Waals surface area (Å²) in [5.74, 6) is 0.105. The molecule has 156 valence electrons. The molecule has 1 atom stereocenters. The number of aliphatic hydroxyl groups excluding tert-OH is 1. The van der Waals surface area contributed by atoms with E-state index >= 15 is 0 Å². The monoisotopic (exact) mass is 425 g/mol. The van der Waals surface area contributed by atoms with Crippen LogP contribution < -0.4 is 9.62 Å². The lowest BCUT2D eigenvalue weighted by Crippen LogP contribution is -2.33. The van der Waals surface area contributed by atoms with Crippen LogP contribution in [0, 0.1) is 0 Å². The molecule has 3 heterocycles. The molecule has 0 bridgehead atoms. The Bertz CT molecular complexity index is 1280. The van der Waals surface area contributed by atoms with Crippen molar-refractivity contribution in [3.63, 3.8) is 0 Å². The Kier molecular flexibility index (Phi) is 4.46. The van der Waals surface area contributed by atoms with Gasteiger partial charge in [0.2, 0.25) is 15.9 Å². The maximum Gasteiger partial charge on any atom is 0.240 e. The van der Waals surface area contributed by atoms with Crippen molar-refractivity contribution in [1.29, 1.82) is 0 Å².